The molecule has 0 bridgehead atoms. The fourth-order valence-electron chi connectivity index (χ4n) is 2.64. The first kappa shape index (κ1) is 15.5. The first-order valence-electron chi connectivity index (χ1n) is 6.95. The van der Waals surface area contributed by atoms with Crippen LogP contribution < -0.4 is 5.32 Å². The quantitative estimate of drug-likeness (QED) is 0.860. The van der Waals surface area contributed by atoms with E-state index in [4.69, 9.17) is 0 Å². The molecule has 2 atom stereocenters. The normalized spacial score (nSPS) is 22.2. The zero-order valence-electron chi connectivity index (χ0n) is 11.7. The predicted octanol–water partition coefficient (Wildman–Crippen LogP) is 1.91. The van der Waals surface area contributed by atoms with Gasteiger partial charge in [0, 0.05) is 17.1 Å². The lowest BCUT2D eigenvalue weighted by Gasteiger charge is -2.26. The second-order valence-electron chi connectivity index (χ2n) is 5.38. The van der Waals surface area contributed by atoms with Gasteiger partial charge in [0.2, 0.25) is 5.91 Å². The van der Waals surface area contributed by atoms with Crippen molar-refractivity contribution in [3.05, 3.63) is 34.3 Å². The van der Waals surface area contributed by atoms with Crippen molar-refractivity contribution in [1.82, 2.24) is 10.2 Å². The second-order valence-corrected chi connectivity index (χ2v) is 6.30. The van der Waals surface area contributed by atoms with E-state index in [0.29, 0.717) is 13.1 Å². The van der Waals surface area contributed by atoms with Gasteiger partial charge >= 0.3 is 0 Å². The van der Waals surface area contributed by atoms with E-state index in [0.717, 1.165) is 29.3 Å². The van der Waals surface area contributed by atoms with Gasteiger partial charge < -0.3 is 10.4 Å². The van der Waals surface area contributed by atoms with Gasteiger partial charge in [0.15, 0.2) is 0 Å². The Kier molecular flexibility index (Phi) is 5.57. The van der Waals surface area contributed by atoms with Crippen molar-refractivity contribution < 1.29 is 9.90 Å². The molecule has 0 aromatic heterocycles. The molecule has 1 saturated carbocycles. The Bertz CT molecular complexity index is 450. The van der Waals surface area contributed by atoms with Crippen molar-refractivity contribution in [2.75, 3.05) is 13.6 Å². The molecule has 0 unspecified atom stereocenters. The molecule has 1 aliphatic carbocycles. The smallest absolute Gasteiger partial charge is 0.234 e. The average molecular weight is 341 g/mol. The average Bonchev–Trinajstić information content (AvgIpc) is 2.84. The van der Waals surface area contributed by atoms with Gasteiger partial charge in [-0.2, -0.15) is 0 Å². The molecule has 1 aromatic carbocycles. The lowest BCUT2D eigenvalue weighted by molar-refractivity contribution is -0.122. The summed E-state index contributed by atoms with van der Waals surface area (Å²) in [6.45, 7) is 0.866. The standard InChI is InChI=1S/C15H21BrN2O2/c1-18(13-3-2-4-14(13)19)10-15(20)17-9-11-5-7-12(16)8-6-11/h5-8,13-14,19H,2-4,9-10H2,1H3,(H,17,20)/t13-,14-/m1/s1. The van der Waals surface area contributed by atoms with Crippen molar-refractivity contribution in [1.29, 1.82) is 0 Å². The van der Waals surface area contributed by atoms with E-state index in [1.807, 2.05) is 36.2 Å². The van der Waals surface area contributed by atoms with E-state index in [-0.39, 0.29) is 18.1 Å². The first-order chi connectivity index (χ1) is 9.56. The Balaban J connectivity index is 1.76. The van der Waals surface area contributed by atoms with Crippen molar-refractivity contribution in [3.63, 3.8) is 0 Å². The van der Waals surface area contributed by atoms with Crippen molar-refractivity contribution in [3.8, 4) is 0 Å². The number of aliphatic hydroxyl groups excluding tert-OH is 1. The van der Waals surface area contributed by atoms with Gasteiger partial charge in [0.25, 0.3) is 0 Å². The van der Waals surface area contributed by atoms with Crippen LogP contribution in [0.2, 0.25) is 0 Å². The molecule has 1 aliphatic rings. The molecular formula is C15H21BrN2O2. The monoisotopic (exact) mass is 340 g/mol. The summed E-state index contributed by atoms with van der Waals surface area (Å²) < 4.78 is 1.03. The maximum Gasteiger partial charge on any atom is 0.234 e. The Labute approximate surface area is 128 Å². The summed E-state index contributed by atoms with van der Waals surface area (Å²) in [5.74, 6) is -0.00508. The van der Waals surface area contributed by atoms with Gasteiger partial charge in [-0.1, -0.05) is 28.1 Å². The molecule has 0 spiro atoms. The molecule has 2 rings (SSSR count). The number of nitrogens with one attached hydrogen (secondary N) is 1. The van der Waals surface area contributed by atoms with Crippen LogP contribution in [0.1, 0.15) is 24.8 Å². The van der Waals surface area contributed by atoms with Crippen molar-refractivity contribution in [2.45, 2.75) is 38.0 Å². The molecule has 20 heavy (non-hydrogen) atoms. The zero-order chi connectivity index (χ0) is 14.5. The van der Waals surface area contributed by atoms with Crippen LogP contribution in [0, 0.1) is 0 Å². The van der Waals surface area contributed by atoms with Gasteiger partial charge in [-0.05, 0) is 44.0 Å². The maximum atomic E-state index is 11.9. The summed E-state index contributed by atoms with van der Waals surface area (Å²) >= 11 is 3.38. The van der Waals surface area contributed by atoms with E-state index in [1.165, 1.54) is 0 Å². The molecule has 110 valence electrons. The minimum absolute atomic E-state index is 0.00508. The highest BCUT2D eigenvalue weighted by Crippen LogP contribution is 2.22. The Morgan fingerprint density at radius 2 is 2.10 bits per heavy atom. The number of halogens is 1. The van der Waals surface area contributed by atoms with Crippen LogP contribution in [0.4, 0.5) is 0 Å². The molecule has 0 aliphatic heterocycles. The third-order valence-corrected chi connectivity index (χ3v) is 4.33. The minimum Gasteiger partial charge on any atom is -0.391 e. The van der Waals surface area contributed by atoms with Crippen LogP contribution in [0.15, 0.2) is 28.7 Å². The van der Waals surface area contributed by atoms with Crippen molar-refractivity contribution in [2.24, 2.45) is 0 Å². The summed E-state index contributed by atoms with van der Waals surface area (Å²) in [6.07, 6.45) is 2.56. The van der Waals surface area contributed by atoms with Gasteiger partial charge in [0.1, 0.15) is 0 Å². The number of hydrogen-bond donors (Lipinski definition) is 2. The topological polar surface area (TPSA) is 52.6 Å². The molecule has 0 radical (unpaired) electrons. The summed E-state index contributed by atoms with van der Waals surface area (Å²) in [5, 5.41) is 12.7. The summed E-state index contributed by atoms with van der Waals surface area (Å²) in [6, 6.07) is 8.00. The summed E-state index contributed by atoms with van der Waals surface area (Å²) in [7, 11) is 1.90. The van der Waals surface area contributed by atoms with Crippen LogP contribution in [0.5, 0.6) is 0 Å². The Hall–Kier alpha value is -0.910. The van der Waals surface area contributed by atoms with Gasteiger partial charge in [-0.3, -0.25) is 9.69 Å². The second kappa shape index (κ2) is 7.20. The highest BCUT2D eigenvalue weighted by molar-refractivity contribution is 9.10. The Morgan fingerprint density at radius 3 is 2.70 bits per heavy atom. The van der Waals surface area contributed by atoms with Crippen LogP contribution >= 0.6 is 15.9 Å². The fraction of sp³-hybridized carbons (Fsp3) is 0.533. The first-order valence-corrected chi connectivity index (χ1v) is 7.75. The molecular weight excluding hydrogens is 320 g/mol. The molecule has 1 fully saturated rings. The summed E-state index contributed by atoms with van der Waals surface area (Å²) in [5.41, 5.74) is 1.07. The van der Waals surface area contributed by atoms with Crippen LogP contribution in [-0.4, -0.2) is 41.7 Å². The van der Waals surface area contributed by atoms with Gasteiger partial charge in [-0.15, -0.1) is 0 Å². The molecule has 1 aromatic rings. The molecule has 4 nitrogen and oxygen atoms in total. The van der Waals surface area contributed by atoms with Crippen LogP contribution in [0.25, 0.3) is 0 Å². The molecule has 5 heteroatoms. The van der Waals surface area contributed by atoms with E-state index < -0.39 is 0 Å². The highest BCUT2D eigenvalue weighted by atomic mass is 79.9. The molecule has 2 N–H and O–H groups in total. The van der Waals surface area contributed by atoms with E-state index in [1.54, 1.807) is 0 Å². The molecule has 0 heterocycles. The fourth-order valence-corrected chi connectivity index (χ4v) is 2.90. The number of hydrogen-bond acceptors (Lipinski definition) is 3. The van der Waals surface area contributed by atoms with E-state index in [9.17, 15) is 9.90 Å². The molecule has 1 amide bonds. The third-order valence-electron chi connectivity index (χ3n) is 3.81. The maximum absolute atomic E-state index is 11.9. The highest BCUT2D eigenvalue weighted by Gasteiger charge is 2.29. The number of benzene rings is 1. The predicted molar refractivity (Wildman–Crippen MR) is 82.3 cm³/mol. The van der Waals surface area contributed by atoms with Crippen LogP contribution in [0.3, 0.4) is 0 Å². The number of rotatable bonds is 5. The zero-order valence-corrected chi connectivity index (χ0v) is 13.3. The number of nitrogens with zero attached hydrogens (tertiary/aromatic N) is 1. The van der Waals surface area contributed by atoms with E-state index >= 15 is 0 Å². The van der Waals surface area contributed by atoms with Gasteiger partial charge in [-0.25, -0.2) is 0 Å². The number of carbonyl (C=O) groups excluding carboxylic acids is 1. The van der Waals surface area contributed by atoms with E-state index in [2.05, 4.69) is 21.2 Å². The lowest BCUT2D eigenvalue weighted by Crippen LogP contribution is -2.43. The summed E-state index contributed by atoms with van der Waals surface area (Å²) in [4.78, 5) is 13.9. The van der Waals surface area contributed by atoms with Crippen molar-refractivity contribution >= 4 is 21.8 Å². The third kappa shape index (κ3) is 4.30. The largest absolute Gasteiger partial charge is 0.391 e. The molecule has 0 saturated heterocycles. The number of aliphatic hydroxyl groups is 1. The van der Waals surface area contributed by atoms with Crippen LogP contribution in [-0.2, 0) is 11.3 Å². The number of carbonyl (C=O) groups is 1. The van der Waals surface area contributed by atoms with Gasteiger partial charge in [0.05, 0.1) is 12.6 Å². The lowest BCUT2D eigenvalue weighted by atomic mass is 10.2. The number of likely N-dealkylation sites (N-methyl/N-ethyl adjacent to an activating group) is 1. The number of amides is 1. The minimum atomic E-state index is -0.292. The Morgan fingerprint density at radius 1 is 1.40 bits per heavy atom. The SMILES string of the molecule is CN(CC(=O)NCc1ccc(Br)cc1)[C@@H]1CCC[C@H]1O.